The molecule has 13 heteroatoms. The molecule has 4 rings (SSSR count). The third-order valence-corrected chi connectivity index (χ3v) is 8.84. The van der Waals surface area contributed by atoms with Crippen molar-refractivity contribution in [3.63, 3.8) is 0 Å². The first kappa shape index (κ1) is 29.7. The summed E-state index contributed by atoms with van der Waals surface area (Å²) in [7, 11) is -0.681. The van der Waals surface area contributed by atoms with Crippen molar-refractivity contribution < 1.29 is 22.9 Å². The summed E-state index contributed by atoms with van der Waals surface area (Å²) >= 11 is 0. The summed E-state index contributed by atoms with van der Waals surface area (Å²) in [6, 6.07) is 4.74. The Labute approximate surface area is 234 Å². The van der Waals surface area contributed by atoms with Crippen LogP contribution in [0.15, 0.2) is 34.1 Å². The second-order valence-corrected chi connectivity index (χ2v) is 11.9. The van der Waals surface area contributed by atoms with Gasteiger partial charge in [-0.05, 0) is 36.6 Å². The van der Waals surface area contributed by atoms with Crippen LogP contribution >= 0.6 is 0 Å². The highest BCUT2D eigenvalue weighted by Gasteiger charge is 2.29. The van der Waals surface area contributed by atoms with E-state index in [9.17, 15) is 18.1 Å². The molecule has 1 N–H and O–H groups in total. The van der Waals surface area contributed by atoms with Crippen molar-refractivity contribution >= 4 is 21.1 Å². The molecule has 0 radical (unpaired) electrons. The van der Waals surface area contributed by atoms with Crippen molar-refractivity contribution in [3.05, 3.63) is 45.2 Å². The van der Waals surface area contributed by atoms with Crippen LogP contribution in [0.4, 0.5) is 0 Å². The van der Waals surface area contributed by atoms with E-state index in [4.69, 9.17) is 14.6 Å². The summed E-state index contributed by atoms with van der Waals surface area (Å²) in [5.41, 5.74) is 2.21. The summed E-state index contributed by atoms with van der Waals surface area (Å²) in [5.74, 6) is 0.743. The van der Waals surface area contributed by atoms with Crippen molar-refractivity contribution in [2.24, 2.45) is 7.05 Å². The zero-order valence-electron chi connectivity index (χ0n) is 23.7. The first-order chi connectivity index (χ1) is 19.1. The molecule has 1 aromatic carbocycles. The lowest BCUT2D eigenvalue weighted by molar-refractivity contribution is -0.784. The number of hydrogen-bond donors (Lipinski definition) is 1. The fourth-order valence-corrected chi connectivity index (χ4v) is 6.42. The fraction of sp³-hybridized carbons (Fsp3) is 0.556. The number of aryl methyl sites for hydroxylation is 2. The van der Waals surface area contributed by atoms with E-state index in [0.717, 1.165) is 31.4 Å². The minimum atomic E-state index is -3.80. The summed E-state index contributed by atoms with van der Waals surface area (Å²) in [6.07, 6.45) is 5.05. The number of hydrogen-bond acceptors (Lipinski definition) is 8. The lowest BCUT2D eigenvalue weighted by Gasteiger charge is -2.33. The third kappa shape index (κ3) is 6.53. The van der Waals surface area contributed by atoms with E-state index >= 15 is 0 Å². The second kappa shape index (κ2) is 12.9. The SMILES string of the molecule is CCCOc1ccc(S(=O)(=O)N2CCN(CCCO[N+](C)=O)CC2)cc1-c1nc2c(CCC)cn(C)c2c(=O)[nH]1. The van der Waals surface area contributed by atoms with Gasteiger partial charge in [0, 0.05) is 52.4 Å². The first-order valence-electron chi connectivity index (χ1n) is 13.8. The summed E-state index contributed by atoms with van der Waals surface area (Å²) in [6.45, 7) is 7.39. The van der Waals surface area contributed by atoms with Crippen molar-refractivity contribution in [1.82, 2.24) is 23.7 Å². The molecule has 0 unspecified atom stereocenters. The number of ether oxygens (including phenoxy) is 1. The Morgan fingerprint density at radius 2 is 1.85 bits per heavy atom. The highest BCUT2D eigenvalue weighted by Crippen LogP contribution is 2.32. The first-order valence-corrected chi connectivity index (χ1v) is 15.2. The Morgan fingerprint density at radius 3 is 2.52 bits per heavy atom. The van der Waals surface area contributed by atoms with Crippen LogP contribution in [0, 0.1) is 4.91 Å². The zero-order valence-corrected chi connectivity index (χ0v) is 24.5. The number of nitrogens with zero attached hydrogens (tertiary/aromatic N) is 5. The predicted octanol–water partition coefficient (Wildman–Crippen LogP) is 2.71. The molecule has 2 aromatic heterocycles. The number of H-pyrrole nitrogens is 1. The average Bonchev–Trinajstić information content (AvgIpc) is 3.25. The van der Waals surface area contributed by atoms with Gasteiger partial charge in [-0.15, -0.1) is 0 Å². The fourth-order valence-electron chi connectivity index (χ4n) is 4.97. The van der Waals surface area contributed by atoms with Gasteiger partial charge in [0.05, 0.1) is 27.5 Å². The van der Waals surface area contributed by atoms with Crippen LogP contribution < -0.4 is 10.3 Å². The molecule has 0 bridgehead atoms. The maximum absolute atomic E-state index is 13.7. The lowest BCUT2D eigenvalue weighted by atomic mass is 10.1. The van der Waals surface area contributed by atoms with Gasteiger partial charge in [0.15, 0.2) is 6.61 Å². The number of fused-ring (bicyclic) bond motifs is 1. The number of rotatable bonds is 13. The Hall–Kier alpha value is -3.29. The van der Waals surface area contributed by atoms with E-state index in [-0.39, 0.29) is 16.3 Å². The molecule has 40 heavy (non-hydrogen) atoms. The highest BCUT2D eigenvalue weighted by atomic mass is 32.2. The van der Waals surface area contributed by atoms with E-state index in [2.05, 4.69) is 16.8 Å². The predicted molar refractivity (Wildman–Crippen MR) is 152 cm³/mol. The number of sulfonamides is 1. The summed E-state index contributed by atoms with van der Waals surface area (Å²) in [5, 5.41) is 0. The number of aromatic nitrogens is 3. The molecule has 1 aliphatic heterocycles. The topological polar surface area (TPSA) is 130 Å². The molecule has 0 spiro atoms. The number of aromatic amines is 1. The average molecular weight is 576 g/mol. The van der Waals surface area contributed by atoms with Crippen LogP contribution in [0.3, 0.4) is 0 Å². The number of benzene rings is 1. The van der Waals surface area contributed by atoms with Crippen molar-refractivity contribution in [1.29, 1.82) is 0 Å². The maximum Gasteiger partial charge on any atom is 0.275 e. The van der Waals surface area contributed by atoms with E-state index in [1.54, 1.807) is 22.8 Å². The van der Waals surface area contributed by atoms with Gasteiger partial charge in [-0.1, -0.05) is 20.3 Å². The zero-order chi connectivity index (χ0) is 28.9. The van der Waals surface area contributed by atoms with Gasteiger partial charge < -0.3 is 19.2 Å². The maximum atomic E-state index is 13.7. The number of piperazine rings is 1. The van der Waals surface area contributed by atoms with Crippen LogP contribution in [0.5, 0.6) is 5.75 Å². The molecular formula is C27H39N6O6S+. The highest BCUT2D eigenvalue weighted by molar-refractivity contribution is 7.89. The molecule has 1 fully saturated rings. The van der Waals surface area contributed by atoms with E-state index in [1.165, 1.54) is 11.4 Å². The molecule has 12 nitrogen and oxygen atoms in total. The minimum absolute atomic E-state index is 0.122. The lowest BCUT2D eigenvalue weighted by Crippen LogP contribution is -2.48. The quantitative estimate of drug-likeness (QED) is 0.243. The molecule has 0 saturated carbocycles. The van der Waals surface area contributed by atoms with Gasteiger partial charge >= 0.3 is 0 Å². The Kier molecular flexibility index (Phi) is 9.59. The van der Waals surface area contributed by atoms with Gasteiger partial charge in [-0.25, -0.2) is 18.2 Å². The van der Waals surface area contributed by atoms with Crippen molar-refractivity contribution in [3.8, 4) is 17.1 Å². The molecule has 0 amide bonds. The van der Waals surface area contributed by atoms with E-state index in [1.807, 2.05) is 20.2 Å². The van der Waals surface area contributed by atoms with Gasteiger partial charge in [-0.3, -0.25) is 4.79 Å². The Morgan fingerprint density at radius 1 is 1.10 bits per heavy atom. The van der Waals surface area contributed by atoms with Crippen LogP contribution in [-0.4, -0.2) is 90.1 Å². The van der Waals surface area contributed by atoms with Crippen LogP contribution in [0.1, 0.15) is 38.7 Å². The monoisotopic (exact) mass is 575 g/mol. The molecule has 3 aromatic rings. The molecule has 0 aliphatic carbocycles. The third-order valence-electron chi connectivity index (χ3n) is 6.95. The molecular weight excluding hydrogens is 536 g/mol. The Balaban J connectivity index is 1.62. The van der Waals surface area contributed by atoms with Crippen molar-refractivity contribution in [2.45, 2.75) is 44.4 Å². The minimum Gasteiger partial charge on any atom is -0.493 e. The molecule has 0 atom stereocenters. The molecule has 3 heterocycles. The summed E-state index contributed by atoms with van der Waals surface area (Å²) < 4.78 is 36.5. The van der Waals surface area contributed by atoms with Crippen molar-refractivity contribution in [2.75, 3.05) is 53.0 Å². The van der Waals surface area contributed by atoms with Gasteiger partial charge in [-0.2, -0.15) is 4.31 Å². The van der Waals surface area contributed by atoms with Crippen LogP contribution in [0.25, 0.3) is 22.4 Å². The smallest absolute Gasteiger partial charge is 0.275 e. The Bertz CT molecular complexity index is 1510. The largest absolute Gasteiger partial charge is 0.493 e. The van der Waals surface area contributed by atoms with Gasteiger partial charge in [0.25, 0.3) is 5.56 Å². The second-order valence-electron chi connectivity index (χ2n) is 10.0. The van der Waals surface area contributed by atoms with Crippen LogP contribution in [-0.2, 0) is 28.3 Å². The molecule has 1 aliphatic rings. The molecule has 218 valence electrons. The van der Waals surface area contributed by atoms with Gasteiger partial charge in [0.1, 0.15) is 17.1 Å². The van der Waals surface area contributed by atoms with Gasteiger partial charge in [0.2, 0.25) is 22.0 Å². The van der Waals surface area contributed by atoms with E-state index < -0.39 is 10.0 Å². The van der Waals surface area contributed by atoms with Crippen LogP contribution in [0.2, 0.25) is 0 Å². The summed E-state index contributed by atoms with van der Waals surface area (Å²) in [4.78, 5) is 39.3. The van der Waals surface area contributed by atoms with E-state index in [0.29, 0.717) is 73.1 Å². The standard InChI is InChI=1S/C27H38N6O6S/c1-5-8-20-19-30(3)25-24(20)28-26(29-27(25)34)22-18-21(9-10-23(22)38-16-6-2)40(36,37)33-14-12-32(13-15-33)11-7-17-39-31(4)35/h9-10,18-19H,5-8,11-17H2,1-4H3/p+1. The normalized spacial score (nSPS) is 15.0. The molecule has 1 saturated heterocycles. The number of nitrogens with one attached hydrogen (secondary N) is 1.